The van der Waals surface area contributed by atoms with Gasteiger partial charge in [0.25, 0.3) is 5.89 Å². The number of methoxy groups -OCH3 is 1. The molecule has 0 amide bonds. The first kappa shape index (κ1) is 15.3. The van der Waals surface area contributed by atoms with Crippen molar-refractivity contribution in [3.05, 3.63) is 51.0 Å². The summed E-state index contributed by atoms with van der Waals surface area (Å²) in [6.45, 7) is 0. The number of hydrogen-bond donors (Lipinski definition) is 0. The molecule has 0 aliphatic rings. The van der Waals surface area contributed by atoms with Crippen molar-refractivity contribution >= 4 is 50.0 Å². The van der Waals surface area contributed by atoms with Crippen molar-refractivity contribution in [3.8, 4) is 17.1 Å². The summed E-state index contributed by atoms with van der Waals surface area (Å²) in [6, 6.07) is 11.4. The SMILES string of the molecule is COc1ccccc1-c1noc(/C(Cl)=C/c2ccc(Br)s2)n1. The van der Waals surface area contributed by atoms with E-state index in [-0.39, 0.29) is 5.89 Å². The van der Waals surface area contributed by atoms with E-state index in [1.54, 1.807) is 24.5 Å². The van der Waals surface area contributed by atoms with Crippen LogP contribution >= 0.6 is 38.9 Å². The average Bonchev–Trinajstić information content (AvgIpc) is 3.16. The summed E-state index contributed by atoms with van der Waals surface area (Å²) in [4.78, 5) is 5.32. The molecule has 4 nitrogen and oxygen atoms in total. The first-order valence-corrected chi connectivity index (χ1v) is 8.26. The second kappa shape index (κ2) is 6.64. The van der Waals surface area contributed by atoms with Crippen LogP contribution in [0.15, 0.2) is 44.7 Å². The van der Waals surface area contributed by atoms with E-state index >= 15 is 0 Å². The number of rotatable bonds is 4. The van der Waals surface area contributed by atoms with Crippen molar-refractivity contribution in [3.63, 3.8) is 0 Å². The quantitative estimate of drug-likeness (QED) is 0.599. The number of nitrogens with zero attached hydrogens (tertiary/aromatic N) is 2. The number of para-hydroxylation sites is 1. The lowest BCUT2D eigenvalue weighted by Gasteiger charge is -2.02. The van der Waals surface area contributed by atoms with Crippen molar-refractivity contribution < 1.29 is 9.26 Å². The third kappa shape index (κ3) is 3.24. The summed E-state index contributed by atoms with van der Waals surface area (Å²) in [5.74, 6) is 1.38. The maximum atomic E-state index is 6.25. The van der Waals surface area contributed by atoms with Crippen LogP contribution in [0.1, 0.15) is 10.8 Å². The molecule has 7 heteroatoms. The molecular weight excluding hydrogens is 388 g/mol. The maximum Gasteiger partial charge on any atom is 0.269 e. The van der Waals surface area contributed by atoms with Crippen molar-refractivity contribution in [1.82, 2.24) is 10.1 Å². The number of hydrogen-bond acceptors (Lipinski definition) is 5. The van der Waals surface area contributed by atoms with Gasteiger partial charge < -0.3 is 9.26 Å². The Morgan fingerprint density at radius 3 is 2.86 bits per heavy atom. The molecule has 0 unspecified atom stereocenters. The summed E-state index contributed by atoms with van der Waals surface area (Å²) < 4.78 is 11.6. The minimum atomic E-state index is 0.270. The Morgan fingerprint density at radius 2 is 2.14 bits per heavy atom. The minimum absolute atomic E-state index is 0.270. The maximum absolute atomic E-state index is 6.25. The summed E-state index contributed by atoms with van der Waals surface area (Å²) in [6.07, 6.45) is 1.79. The van der Waals surface area contributed by atoms with Gasteiger partial charge in [-0.15, -0.1) is 11.3 Å². The zero-order chi connectivity index (χ0) is 15.5. The molecule has 0 saturated heterocycles. The van der Waals surface area contributed by atoms with E-state index in [1.807, 2.05) is 36.4 Å². The van der Waals surface area contributed by atoms with Crippen LogP contribution in [-0.2, 0) is 0 Å². The number of ether oxygens (including phenoxy) is 1. The molecule has 3 aromatic rings. The molecule has 0 spiro atoms. The smallest absolute Gasteiger partial charge is 0.269 e. The summed E-state index contributed by atoms with van der Waals surface area (Å²) in [5, 5.41) is 4.36. The van der Waals surface area contributed by atoms with Gasteiger partial charge in [0, 0.05) is 4.88 Å². The number of thiophene rings is 1. The third-order valence-electron chi connectivity index (χ3n) is 2.84. The van der Waals surface area contributed by atoms with Gasteiger partial charge >= 0.3 is 0 Å². The van der Waals surface area contributed by atoms with E-state index in [2.05, 4.69) is 26.1 Å². The Balaban J connectivity index is 1.92. The fraction of sp³-hybridized carbons (Fsp3) is 0.0667. The molecule has 112 valence electrons. The molecule has 0 aliphatic carbocycles. The lowest BCUT2D eigenvalue weighted by atomic mass is 10.2. The van der Waals surface area contributed by atoms with Gasteiger partial charge in [-0.05, 0) is 46.3 Å². The summed E-state index contributed by atoms with van der Waals surface area (Å²) in [5.41, 5.74) is 0.753. The fourth-order valence-corrected chi connectivity index (χ4v) is 3.48. The highest BCUT2D eigenvalue weighted by atomic mass is 79.9. The number of aromatic nitrogens is 2. The van der Waals surface area contributed by atoms with Crippen molar-refractivity contribution in [2.75, 3.05) is 7.11 Å². The predicted octanol–water partition coefficient (Wildman–Crippen LogP) is 5.31. The highest BCUT2D eigenvalue weighted by molar-refractivity contribution is 9.11. The monoisotopic (exact) mass is 396 g/mol. The van der Waals surface area contributed by atoms with E-state index in [4.69, 9.17) is 20.9 Å². The lowest BCUT2D eigenvalue weighted by Crippen LogP contribution is -1.88. The topological polar surface area (TPSA) is 48.2 Å². The number of benzene rings is 1. The molecule has 0 radical (unpaired) electrons. The first-order valence-electron chi connectivity index (χ1n) is 6.27. The largest absolute Gasteiger partial charge is 0.496 e. The fourth-order valence-electron chi connectivity index (χ4n) is 1.85. The highest BCUT2D eigenvalue weighted by Gasteiger charge is 2.14. The Kier molecular flexibility index (Phi) is 4.61. The zero-order valence-corrected chi connectivity index (χ0v) is 14.6. The van der Waals surface area contributed by atoms with Crippen LogP contribution in [0.2, 0.25) is 0 Å². The Hall–Kier alpha value is -1.63. The molecule has 2 aromatic heterocycles. The van der Waals surface area contributed by atoms with Crippen LogP contribution in [0.25, 0.3) is 22.5 Å². The normalized spacial score (nSPS) is 11.7. The van der Waals surface area contributed by atoms with Gasteiger partial charge in [0.1, 0.15) is 10.8 Å². The van der Waals surface area contributed by atoms with E-state index in [1.165, 1.54) is 0 Å². The van der Waals surface area contributed by atoms with E-state index in [0.717, 1.165) is 14.2 Å². The van der Waals surface area contributed by atoms with Crippen molar-refractivity contribution in [2.24, 2.45) is 0 Å². The molecule has 1 aromatic carbocycles. The zero-order valence-electron chi connectivity index (χ0n) is 11.4. The van der Waals surface area contributed by atoms with Gasteiger partial charge in [-0.25, -0.2) is 0 Å². The van der Waals surface area contributed by atoms with Gasteiger partial charge in [0.2, 0.25) is 5.82 Å². The number of halogens is 2. The third-order valence-corrected chi connectivity index (χ3v) is 4.68. The molecule has 0 aliphatic heterocycles. The average molecular weight is 398 g/mol. The van der Waals surface area contributed by atoms with Gasteiger partial charge in [-0.2, -0.15) is 4.98 Å². The van der Waals surface area contributed by atoms with Crippen molar-refractivity contribution in [2.45, 2.75) is 0 Å². The minimum Gasteiger partial charge on any atom is -0.496 e. The van der Waals surface area contributed by atoms with E-state index in [0.29, 0.717) is 16.6 Å². The first-order chi connectivity index (χ1) is 10.7. The van der Waals surface area contributed by atoms with Gasteiger partial charge in [0.15, 0.2) is 0 Å². The van der Waals surface area contributed by atoms with Crippen LogP contribution in [0.4, 0.5) is 0 Å². The molecule has 0 N–H and O–H groups in total. The molecule has 0 bridgehead atoms. The molecule has 0 atom stereocenters. The van der Waals surface area contributed by atoms with Crippen molar-refractivity contribution in [1.29, 1.82) is 0 Å². The second-order valence-electron chi connectivity index (χ2n) is 4.26. The lowest BCUT2D eigenvalue weighted by molar-refractivity contribution is 0.406. The van der Waals surface area contributed by atoms with E-state index in [9.17, 15) is 0 Å². The van der Waals surface area contributed by atoms with E-state index < -0.39 is 0 Å². The predicted molar refractivity (Wildman–Crippen MR) is 92.0 cm³/mol. The molecule has 22 heavy (non-hydrogen) atoms. The summed E-state index contributed by atoms with van der Waals surface area (Å²) >= 11 is 11.2. The molecule has 0 fully saturated rings. The van der Waals surface area contributed by atoms with Crippen LogP contribution in [-0.4, -0.2) is 17.3 Å². The van der Waals surface area contributed by atoms with Crippen LogP contribution in [0.5, 0.6) is 5.75 Å². The Bertz CT molecular complexity index is 828. The highest BCUT2D eigenvalue weighted by Crippen LogP contribution is 2.31. The summed E-state index contributed by atoms with van der Waals surface area (Å²) in [7, 11) is 1.60. The Labute approximate surface area is 144 Å². The molecule has 3 rings (SSSR count). The Morgan fingerprint density at radius 1 is 1.32 bits per heavy atom. The van der Waals surface area contributed by atoms with Crippen LogP contribution in [0.3, 0.4) is 0 Å². The molecule has 2 heterocycles. The second-order valence-corrected chi connectivity index (χ2v) is 7.16. The van der Waals surface area contributed by atoms with Crippen LogP contribution in [0, 0.1) is 0 Å². The van der Waals surface area contributed by atoms with Crippen LogP contribution < -0.4 is 4.74 Å². The standard InChI is InChI=1S/C15H10BrClN2O2S/c1-20-12-5-3-2-4-10(12)14-18-15(21-19-14)11(17)8-9-6-7-13(16)22-9/h2-8H,1H3/b11-8-. The molecule has 0 saturated carbocycles. The van der Waals surface area contributed by atoms with Gasteiger partial charge in [0.05, 0.1) is 16.5 Å². The molecular formula is C15H10BrClN2O2S. The van der Waals surface area contributed by atoms with Gasteiger partial charge in [-0.3, -0.25) is 0 Å². The van der Waals surface area contributed by atoms with Gasteiger partial charge in [-0.1, -0.05) is 28.9 Å².